The Hall–Kier alpha value is -0.960. The average Bonchev–Trinajstić information content (AvgIpc) is 2.51. The van der Waals surface area contributed by atoms with Crippen LogP contribution in [0.2, 0.25) is 5.02 Å². The maximum atomic E-state index is 6.07. The highest BCUT2D eigenvalue weighted by molar-refractivity contribution is 6.33. The van der Waals surface area contributed by atoms with E-state index in [1.54, 1.807) is 12.3 Å². The molecule has 1 aromatic rings. The van der Waals surface area contributed by atoms with Gasteiger partial charge in [0.15, 0.2) is 0 Å². The zero-order valence-corrected chi connectivity index (χ0v) is 8.96. The van der Waals surface area contributed by atoms with E-state index in [2.05, 4.69) is 16.8 Å². The number of nitrogens with two attached hydrogens (primary N) is 1. The van der Waals surface area contributed by atoms with Gasteiger partial charge in [-0.15, -0.1) is 0 Å². The predicted molar refractivity (Wildman–Crippen MR) is 59.7 cm³/mol. The summed E-state index contributed by atoms with van der Waals surface area (Å²) in [6.07, 6.45) is 2.87. The van der Waals surface area contributed by atoms with Crippen molar-refractivity contribution in [1.82, 2.24) is 4.98 Å². The van der Waals surface area contributed by atoms with Crippen LogP contribution in [-0.4, -0.2) is 18.1 Å². The number of nitrogen functional groups attached to an aromatic ring is 1. The molecule has 1 saturated heterocycles. The first-order valence-electron chi connectivity index (χ1n) is 4.83. The number of halogens is 1. The van der Waals surface area contributed by atoms with Gasteiger partial charge in [-0.25, -0.2) is 4.98 Å². The molecule has 2 rings (SSSR count). The number of pyridine rings is 1. The van der Waals surface area contributed by atoms with Gasteiger partial charge >= 0.3 is 0 Å². The van der Waals surface area contributed by atoms with Crippen molar-refractivity contribution in [3.8, 4) is 0 Å². The summed E-state index contributed by atoms with van der Waals surface area (Å²) in [5.74, 6) is 1.59. The maximum absolute atomic E-state index is 6.07. The summed E-state index contributed by atoms with van der Waals surface area (Å²) in [6.45, 7) is 4.32. The predicted octanol–water partition coefficient (Wildman–Crippen LogP) is 2.16. The smallest absolute Gasteiger partial charge is 0.147 e. The second-order valence-corrected chi connectivity index (χ2v) is 4.32. The van der Waals surface area contributed by atoms with Crippen LogP contribution in [0.3, 0.4) is 0 Å². The Labute approximate surface area is 88.9 Å². The van der Waals surface area contributed by atoms with Crippen molar-refractivity contribution in [3.63, 3.8) is 0 Å². The monoisotopic (exact) mass is 211 g/mol. The fourth-order valence-corrected chi connectivity index (χ4v) is 2.10. The third-order valence-corrected chi connectivity index (χ3v) is 2.84. The number of hydrogen-bond donors (Lipinski definition) is 1. The van der Waals surface area contributed by atoms with Crippen LogP contribution in [0.4, 0.5) is 11.5 Å². The van der Waals surface area contributed by atoms with Crippen LogP contribution in [0.25, 0.3) is 0 Å². The zero-order chi connectivity index (χ0) is 10.1. The highest BCUT2D eigenvalue weighted by Gasteiger charge is 2.21. The third-order valence-electron chi connectivity index (χ3n) is 2.57. The molecule has 2 N–H and O–H groups in total. The largest absolute Gasteiger partial charge is 0.397 e. The normalized spacial score (nSPS) is 21.6. The second-order valence-electron chi connectivity index (χ2n) is 3.91. The number of rotatable bonds is 1. The quantitative estimate of drug-likeness (QED) is 0.774. The van der Waals surface area contributed by atoms with Gasteiger partial charge in [-0.2, -0.15) is 0 Å². The molecule has 76 valence electrons. The molecule has 0 saturated carbocycles. The Morgan fingerprint density at radius 1 is 1.64 bits per heavy atom. The van der Waals surface area contributed by atoms with E-state index in [-0.39, 0.29) is 0 Å². The van der Waals surface area contributed by atoms with E-state index in [1.807, 2.05) is 0 Å². The van der Waals surface area contributed by atoms with Gasteiger partial charge in [-0.1, -0.05) is 18.5 Å². The van der Waals surface area contributed by atoms with E-state index in [4.69, 9.17) is 17.3 Å². The van der Waals surface area contributed by atoms with Crippen molar-refractivity contribution in [2.24, 2.45) is 5.92 Å². The van der Waals surface area contributed by atoms with E-state index in [0.717, 1.165) is 24.8 Å². The van der Waals surface area contributed by atoms with Crippen molar-refractivity contribution in [2.45, 2.75) is 13.3 Å². The summed E-state index contributed by atoms with van der Waals surface area (Å²) in [5, 5.41) is 0.652. The van der Waals surface area contributed by atoms with Gasteiger partial charge in [0.05, 0.1) is 16.9 Å². The lowest BCUT2D eigenvalue weighted by Gasteiger charge is -2.18. The third kappa shape index (κ3) is 1.77. The molecule has 1 atom stereocenters. The fourth-order valence-electron chi connectivity index (χ4n) is 1.81. The van der Waals surface area contributed by atoms with Gasteiger partial charge in [0, 0.05) is 13.1 Å². The number of anilines is 2. The molecule has 3 nitrogen and oxygen atoms in total. The van der Waals surface area contributed by atoms with E-state index in [0.29, 0.717) is 10.7 Å². The van der Waals surface area contributed by atoms with E-state index in [1.165, 1.54) is 6.42 Å². The molecule has 0 radical (unpaired) electrons. The minimum atomic E-state index is 0.617. The lowest BCUT2D eigenvalue weighted by atomic mass is 10.2. The van der Waals surface area contributed by atoms with Gasteiger partial charge in [-0.3, -0.25) is 0 Å². The molecule has 0 aliphatic carbocycles. The number of aromatic nitrogens is 1. The van der Waals surface area contributed by atoms with E-state index < -0.39 is 0 Å². The Bertz CT molecular complexity index is 340. The molecular weight excluding hydrogens is 198 g/mol. The van der Waals surface area contributed by atoms with Crippen LogP contribution in [-0.2, 0) is 0 Å². The molecule has 2 heterocycles. The van der Waals surface area contributed by atoms with Gasteiger partial charge in [0.2, 0.25) is 0 Å². The standard InChI is InChI=1S/C10H14ClN3/c1-7-2-3-14(6-7)10-9(11)4-8(12)5-13-10/h4-5,7H,2-3,6,12H2,1H3. The molecule has 1 aliphatic heterocycles. The molecule has 0 spiro atoms. The van der Waals surface area contributed by atoms with Gasteiger partial charge in [0.25, 0.3) is 0 Å². The number of hydrogen-bond acceptors (Lipinski definition) is 3. The highest BCUT2D eigenvalue weighted by Crippen LogP contribution is 2.29. The minimum absolute atomic E-state index is 0.617. The summed E-state index contributed by atoms with van der Waals surface area (Å²) in [6, 6.07) is 1.76. The van der Waals surface area contributed by atoms with Gasteiger partial charge in [0.1, 0.15) is 5.82 Å². The summed E-state index contributed by atoms with van der Waals surface area (Å²) in [5.41, 5.74) is 6.20. The topological polar surface area (TPSA) is 42.2 Å². The lowest BCUT2D eigenvalue weighted by molar-refractivity contribution is 0.659. The Morgan fingerprint density at radius 3 is 3.00 bits per heavy atom. The maximum Gasteiger partial charge on any atom is 0.147 e. The highest BCUT2D eigenvalue weighted by atomic mass is 35.5. The van der Waals surface area contributed by atoms with Crippen LogP contribution in [0, 0.1) is 5.92 Å². The number of nitrogens with zero attached hydrogens (tertiary/aromatic N) is 2. The zero-order valence-electron chi connectivity index (χ0n) is 8.20. The van der Waals surface area contributed by atoms with Gasteiger partial charge < -0.3 is 10.6 Å². The molecule has 1 unspecified atom stereocenters. The van der Waals surface area contributed by atoms with Crippen molar-refractivity contribution >= 4 is 23.1 Å². The van der Waals surface area contributed by atoms with Crippen LogP contribution in [0.1, 0.15) is 13.3 Å². The Balaban J connectivity index is 2.24. The molecule has 14 heavy (non-hydrogen) atoms. The first-order chi connectivity index (χ1) is 6.66. The summed E-state index contributed by atoms with van der Waals surface area (Å²) in [7, 11) is 0. The van der Waals surface area contributed by atoms with Crippen LogP contribution < -0.4 is 10.6 Å². The van der Waals surface area contributed by atoms with Gasteiger partial charge in [-0.05, 0) is 18.4 Å². The van der Waals surface area contributed by atoms with Crippen molar-refractivity contribution in [2.75, 3.05) is 23.7 Å². The molecule has 4 heteroatoms. The molecular formula is C10H14ClN3. The average molecular weight is 212 g/mol. The first-order valence-corrected chi connectivity index (χ1v) is 5.20. The summed E-state index contributed by atoms with van der Waals surface area (Å²) in [4.78, 5) is 6.48. The molecule has 0 bridgehead atoms. The summed E-state index contributed by atoms with van der Waals surface area (Å²) >= 11 is 6.07. The summed E-state index contributed by atoms with van der Waals surface area (Å²) < 4.78 is 0. The van der Waals surface area contributed by atoms with E-state index in [9.17, 15) is 0 Å². The Kier molecular flexibility index (Phi) is 2.50. The van der Waals surface area contributed by atoms with Crippen LogP contribution in [0.5, 0.6) is 0 Å². The molecule has 1 aromatic heterocycles. The molecule has 1 aliphatic rings. The minimum Gasteiger partial charge on any atom is -0.397 e. The molecule has 0 amide bonds. The van der Waals surface area contributed by atoms with E-state index >= 15 is 0 Å². The molecule has 1 fully saturated rings. The lowest BCUT2D eigenvalue weighted by Crippen LogP contribution is -2.20. The van der Waals surface area contributed by atoms with Crippen molar-refractivity contribution in [1.29, 1.82) is 0 Å². The van der Waals surface area contributed by atoms with Crippen LogP contribution in [0.15, 0.2) is 12.3 Å². The van der Waals surface area contributed by atoms with Crippen molar-refractivity contribution < 1.29 is 0 Å². The fraction of sp³-hybridized carbons (Fsp3) is 0.500. The Morgan fingerprint density at radius 2 is 2.43 bits per heavy atom. The van der Waals surface area contributed by atoms with Crippen LogP contribution >= 0.6 is 11.6 Å². The van der Waals surface area contributed by atoms with Crippen molar-refractivity contribution in [3.05, 3.63) is 17.3 Å². The SMILES string of the molecule is CC1CCN(c2ncc(N)cc2Cl)C1. The molecule has 0 aromatic carbocycles. The first kappa shape index (κ1) is 9.59. The second kappa shape index (κ2) is 3.65.